The monoisotopic (exact) mass is 493 g/mol. The Morgan fingerprint density at radius 3 is 2.22 bits per heavy atom. The number of aliphatic hydroxyl groups is 1. The van der Waals surface area contributed by atoms with Gasteiger partial charge in [0.2, 0.25) is 0 Å². The highest BCUT2D eigenvalue weighted by atomic mass is 16.6. The predicted octanol–water partition coefficient (Wildman–Crippen LogP) is 5.51. The molecule has 0 saturated carbocycles. The molecule has 6 heteroatoms. The van der Waals surface area contributed by atoms with Crippen molar-refractivity contribution in [1.82, 2.24) is 14.8 Å². The molecule has 0 aliphatic carbocycles. The first-order valence-corrected chi connectivity index (χ1v) is 13.3. The third-order valence-electron chi connectivity index (χ3n) is 7.90. The lowest BCUT2D eigenvalue weighted by Gasteiger charge is -2.56. The molecular formula is C30H43N3O3. The van der Waals surface area contributed by atoms with E-state index in [1.54, 1.807) is 4.90 Å². The molecule has 2 fully saturated rings. The molecule has 0 radical (unpaired) electrons. The summed E-state index contributed by atoms with van der Waals surface area (Å²) in [6.07, 6.45) is 5.22. The fourth-order valence-electron chi connectivity index (χ4n) is 5.95. The minimum Gasteiger partial charge on any atom is -0.444 e. The maximum absolute atomic E-state index is 12.5. The number of pyridine rings is 1. The minimum absolute atomic E-state index is 0.242. The largest absolute Gasteiger partial charge is 0.444 e. The van der Waals surface area contributed by atoms with Gasteiger partial charge in [-0.25, -0.2) is 4.79 Å². The van der Waals surface area contributed by atoms with Crippen molar-refractivity contribution in [3.63, 3.8) is 0 Å². The van der Waals surface area contributed by atoms with Gasteiger partial charge in [-0.1, -0.05) is 45.0 Å². The van der Waals surface area contributed by atoms with Crippen LogP contribution in [0.1, 0.15) is 88.5 Å². The lowest BCUT2D eigenvalue weighted by Crippen LogP contribution is -2.63. The van der Waals surface area contributed by atoms with Gasteiger partial charge in [0.25, 0.3) is 0 Å². The normalized spacial score (nSPS) is 20.6. The van der Waals surface area contributed by atoms with Gasteiger partial charge in [0.05, 0.1) is 0 Å². The Hall–Kier alpha value is -2.44. The van der Waals surface area contributed by atoms with Crippen molar-refractivity contribution < 1.29 is 14.6 Å². The van der Waals surface area contributed by atoms with Crippen LogP contribution in [-0.4, -0.2) is 64.8 Å². The van der Waals surface area contributed by atoms with Crippen molar-refractivity contribution in [3.05, 3.63) is 65.0 Å². The molecule has 1 atom stereocenters. The number of amides is 1. The average molecular weight is 494 g/mol. The van der Waals surface area contributed by atoms with Gasteiger partial charge in [0.1, 0.15) is 11.2 Å². The Morgan fingerprint density at radius 1 is 1.08 bits per heavy atom. The molecule has 3 heterocycles. The van der Waals surface area contributed by atoms with E-state index in [1.807, 2.05) is 33.2 Å². The first-order valence-electron chi connectivity index (χ1n) is 13.3. The maximum Gasteiger partial charge on any atom is 0.410 e. The van der Waals surface area contributed by atoms with Crippen LogP contribution in [-0.2, 0) is 10.3 Å². The number of aromatic nitrogens is 1. The standard InChI is InChI=1S/C30H43N3O3/c1-21(2)22-8-10-25(11-9-22)30(35,29(6)19-32(7)20-29)26-16-24(17-31-18-26)23-12-14-33(15-13-23)27(34)36-28(3,4)5/h8-11,16-18,21,23,35H,12-15,19-20H2,1-7H3. The molecule has 36 heavy (non-hydrogen) atoms. The molecule has 1 N–H and O–H groups in total. The van der Waals surface area contributed by atoms with Crippen LogP contribution in [0.3, 0.4) is 0 Å². The van der Waals surface area contributed by atoms with Crippen molar-refractivity contribution in [2.75, 3.05) is 33.2 Å². The van der Waals surface area contributed by atoms with Gasteiger partial charge in [-0.15, -0.1) is 0 Å². The zero-order valence-corrected chi connectivity index (χ0v) is 23.0. The van der Waals surface area contributed by atoms with Crippen LogP contribution in [0.4, 0.5) is 4.79 Å². The molecule has 2 aromatic rings. The first kappa shape index (κ1) is 26.6. The Morgan fingerprint density at radius 2 is 1.69 bits per heavy atom. The summed E-state index contributed by atoms with van der Waals surface area (Å²) in [5, 5.41) is 12.5. The van der Waals surface area contributed by atoms with Crippen LogP contribution >= 0.6 is 0 Å². The molecular weight excluding hydrogens is 450 g/mol. The van der Waals surface area contributed by atoms with Gasteiger partial charge >= 0.3 is 6.09 Å². The number of hydrogen-bond acceptors (Lipinski definition) is 5. The van der Waals surface area contributed by atoms with E-state index < -0.39 is 11.2 Å². The van der Waals surface area contributed by atoms with Crippen LogP contribution in [0.15, 0.2) is 42.7 Å². The second-order valence-corrected chi connectivity index (χ2v) is 12.5. The minimum atomic E-state index is -1.14. The van der Waals surface area contributed by atoms with E-state index in [-0.39, 0.29) is 11.5 Å². The number of ether oxygens (including phenoxy) is 1. The molecule has 1 amide bonds. The highest BCUT2D eigenvalue weighted by Gasteiger charge is 2.55. The van der Waals surface area contributed by atoms with Crippen LogP contribution in [0, 0.1) is 5.41 Å². The van der Waals surface area contributed by atoms with E-state index in [0.717, 1.165) is 42.6 Å². The number of hydrogen-bond donors (Lipinski definition) is 1. The SMILES string of the molecule is CC(C)c1ccc(C(O)(c2cncc(C3CCN(C(=O)OC(C)(C)C)CC3)c2)C2(C)CN(C)C2)cc1. The van der Waals surface area contributed by atoms with Crippen LogP contribution in [0.2, 0.25) is 0 Å². The summed E-state index contributed by atoms with van der Waals surface area (Å²) in [5.74, 6) is 0.731. The Bertz CT molecular complexity index is 1060. The van der Waals surface area contributed by atoms with E-state index in [9.17, 15) is 9.90 Å². The van der Waals surface area contributed by atoms with Crippen LogP contribution < -0.4 is 0 Å². The highest BCUT2D eigenvalue weighted by Crippen LogP contribution is 2.50. The molecule has 1 unspecified atom stereocenters. The van der Waals surface area contributed by atoms with Gasteiger partial charge < -0.3 is 19.6 Å². The average Bonchev–Trinajstić information content (AvgIpc) is 2.81. The molecule has 1 aromatic heterocycles. The second kappa shape index (κ2) is 9.79. The summed E-state index contributed by atoms with van der Waals surface area (Å²) in [7, 11) is 2.09. The van der Waals surface area contributed by atoms with Gasteiger partial charge in [0.15, 0.2) is 0 Å². The fourth-order valence-corrected chi connectivity index (χ4v) is 5.95. The lowest BCUT2D eigenvalue weighted by molar-refractivity contribution is -0.127. The summed E-state index contributed by atoms with van der Waals surface area (Å²) in [4.78, 5) is 21.2. The molecule has 2 saturated heterocycles. The number of piperidine rings is 1. The number of nitrogens with zero attached hydrogens (tertiary/aromatic N) is 3. The maximum atomic E-state index is 12.5. The van der Waals surface area contributed by atoms with Crippen LogP contribution in [0.5, 0.6) is 0 Å². The topological polar surface area (TPSA) is 65.9 Å². The Labute approximate surface area is 216 Å². The second-order valence-electron chi connectivity index (χ2n) is 12.5. The third-order valence-corrected chi connectivity index (χ3v) is 7.90. The van der Waals surface area contributed by atoms with E-state index in [0.29, 0.717) is 24.9 Å². The number of likely N-dealkylation sites (tertiary alicyclic amines) is 2. The predicted molar refractivity (Wildman–Crippen MR) is 143 cm³/mol. The zero-order chi connectivity index (χ0) is 26.3. The van der Waals surface area contributed by atoms with E-state index >= 15 is 0 Å². The molecule has 6 nitrogen and oxygen atoms in total. The van der Waals surface area contributed by atoms with Crippen molar-refractivity contribution in [2.45, 2.75) is 77.4 Å². The van der Waals surface area contributed by atoms with Crippen molar-refractivity contribution in [3.8, 4) is 0 Å². The van der Waals surface area contributed by atoms with Crippen LogP contribution in [0.25, 0.3) is 0 Å². The molecule has 2 aliphatic heterocycles. The van der Waals surface area contributed by atoms with E-state index in [2.05, 4.69) is 68.0 Å². The fraction of sp³-hybridized carbons (Fsp3) is 0.600. The van der Waals surface area contributed by atoms with Gasteiger partial charge in [0, 0.05) is 49.6 Å². The number of rotatable bonds is 5. The summed E-state index contributed by atoms with van der Waals surface area (Å²) < 4.78 is 5.56. The molecule has 196 valence electrons. The Balaban J connectivity index is 1.59. The molecule has 0 bridgehead atoms. The lowest BCUT2D eigenvalue weighted by atomic mass is 9.62. The number of carbonyl (C=O) groups excluding carboxylic acids is 1. The van der Waals surface area contributed by atoms with E-state index in [1.165, 1.54) is 5.56 Å². The van der Waals surface area contributed by atoms with Crippen molar-refractivity contribution >= 4 is 6.09 Å². The first-order chi connectivity index (χ1) is 16.8. The summed E-state index contributed by atoms with van der Waals surface area (Å²) in [6.45, 7) is 15.2. The van der Waals surface area contributed by atoms with Crippen molar-refractivity contribution in [2.24, 2.45) is 5.41 Å². The summed E-state index contributed by atoms with van der Waals surface area (Å²) in [5.41, 5.74) is 2.21. The summed E-state index contributed by atoms with van der Waals surface area (Å²) in [6, 6.07) is 10.6. The van der Waals surface area contributed by atoms with Gasteiger partial charge in [-0.2, -0.15) is 0 Å². The highest BCUT2D eigenvalue weighted by molar-refractivity contribution is 5.68. The third kappa shape index (κ3) is 5.16. The van der Waals surface area contributed by atoms with Gasteiger partial charge in [-0.05, 0) is 75.3 Å². The Kier molecular flexibility index (Phi) is 7.24. The molecule has 0 spiro atoms. The van der Waals surface area contributed by atoms with Gasteiger partial charge in [-0.3, -0.25) is 4.98 Å². The number of carbonyl (C=O) groups is 1. The quantitative estimate of drug-likeness (QED) is 0.595. The molecule has 4 rings (SSSR count). The van der Waals surface area contributed by atoms with Crippen molar-refractivity contribution in [1.29, 1.82) is 0 Å². The van der Waals surface area contributed by atoms with E-state index in [4.69, 9.17) is 4.74 Å². The molecule has 2 aliphatic rings. The molecule has 1 aromatic carbocycles. The zero-order valence-electron chi connectivity index (χ0n) is 23.0. The smallest absolute Gasteiger partial charge is 0.410 e. The number of benzene rings is 1. The summed E-state index contributed by atoms with van der Waals surface area (Å²) >= 11 is 0.